The molecule has 0 heterocycles. The van der Waals surface area contributed by atoms with Crippen molar-refractivity contribution in [2.24, 2.45) is 0 Å². The molecule has 0 aliphatic carbocycles. The number of ether oxygens (including phenoxy) is 1. The Labute approximate surface area is 144 Å². The highest BCUT2D eigenvalue weighted by atomic mass is 32.2. The van der Waals surface area contributed by atoms with E-state index >= 15 is 0 Å². The molecule has 0 saturated heterocycles. The minimum absolute atomic E-state index is 0.248. The van der Waals surface area contributed by atoms with E-state index in [-0.39, 0.29) is 11.7 Å². The topological polar surface area (TPSA) is 46.5 Å². The molecule has 0 radical (unpaired) electrons. The van der Waals surface area contributed by atoms with Crippen molar-refractivity contribution in [3.8, 4) is 11.5 Å². The third-order valence-corrected chi connectivity index (χ3v) is 4.41. The molecule has 0 bridgehead atoms. The Morgan fingerprint density at radius 2 is 1.38 bits per heavy atom. The molecule has 0 aliphatic heterocycles. The lowest BCUT2D eigenvalue weighted by molar-refractivity contribution is 0.0734. The van der Waals surface area contributed by atoms with Gasteiger partial charge >= 0.3 is 5.97 Å². The van der Waals surface area contributed by atoms with Crippen LogP contribution in [0.25, 0.3) is 0 Å². The molecule has 120 valence electrons. The molecule has 1 N–H and O–H groups in total. The summed E-state index contributed by atoms with van der Waals surface area (Å²) >= 11 is 1.57. The Morgan fingerprint density at radius 3 is 1.96 bits per heavy atom. The van der Waals surface area contributed by atoms with Crippen LogP contribution in [0.15, 0.2) is 82.6 Å². The number of phenols is 1. The molecule has 3 aromatic carbocycles. The lowest BCUT2D eigenvalue weighted by Gasteiger charge is -2.06. The van der Waals surface area contributed by atoms with E-state index in [0.717, 1.165) is 15.4 Å². The molecule has 0 unspecified atom stereocenters. The summed E-state index contributed by atoms with van der Waals surface area (Å²) < 4.78 is 5.38. The highest BCUT2D eigenvalue weighted by Crippen LogP contribution is 2.30. The van der Waals surface area contributed by atoms with E-state index in [0.29, 0.717) is 11.3 Å². The molecule has 3 aromatic rings. The van der Waals surface area contributed by atoms with Gasteiger partial charge in [-0.1, -0.05) is 29.5 Å². The van der Waals surface area contributed by atoms with Gasteiger partial charge in [-0.3, -0.25) is 0 Å². The van der Waals surface area contributed by atoms with Crippen LogP contribution in [0.5, 0.6) is 11.5 Å². The molecule has 0 amide bonds. The van der Waals surface area contributed by atoms with Crippen LogP contribution in [-0.4, -0.2) is 11.1 Å². The standard InChI is InChI=1S/C20H16O3S/c1-14-2-4-15(5-3-14)20(22)23-17-8-12-19(13-9-17)24-18-10-6-16(21)7-11-18/h2-13,21H,1H3. The van der Waals surface area contributed by atoms with Crippen LogP contribution in [0, 0.1) is 6.92 Å². The van der Waals surface area contributed by atoms with E-state index in [4.69, 9.17) is 4.74 Å². The van der Waals surface area contributed by atoms with Crippen LogP contribution in [0.1, 0.15) is 15.9 Å². The normalized spacial score (nSPS) is 10.4. The van der Waals surface area contributed by atoms with Gasteiger partial charge in [0.05, 0.1) is 5.56 Å². The van der Waals surface area contributed by atoms with Crippen molar-refractivity contribution in [3.63, 3.8) is 0 Å². The van der Waals surface area contributed by atoms with Gasteiger partial charge in [0.2, 0.25) is 0 Å². The zero-order chi connectivity index (χ0) is 16.9. The van der Waals surface area contributed by atoms with Crippen molar-refractivity contribution in [2.75, 3.05) is 0 Å². The van der Waals surface area contributed by atoms with Gasteiger partial charge in [0.1, 0.15) is 11.5 Å². The lowest BCUT2D eigenvalue weighted by atomic mass is 10.1. The molecule has 0 spiro atoms. The lowest BCUT2D eigenvalue weighted by Crippen LogP contribution is -2.08. The average Bonchev–Trinajstić information content (AvgIpc) is 2.59. The maximum Gasteiger partial charge on any atom is 0.343 e. The summed E-state index contributed by atoms with van der Waals surface area (Å²) in [6.07, 6.45) is 0. The molecule has 0 fully saturated rings. The number of hydrogen-bond donors (Lipinski definition) is 1. The molecule has 24 heavy (non-hydrogen) atoms. The fraction of sp³-hybridized carbons (Fsp3) is 0.0500. The third kappa shape index (κ3) is 4.18. The molecular formula is C20H16O3S. The van der Waals surface area contributed by atoms with Crippen molar-refractivity contribution >= 4 is 17.7 Å². The summed E-state index contributed by atoms with van der Waals surface area (Å²) in [6, 6.07) is 21.6. The zero-order valence-corrected chi connectivity index (χ0v) is 13.9. The first kappa shape index (κ1) is 16.1. The largest absolute Gasteiger partial charge is 0.508 e. The van der Waals surface area contributed by atoms with Crippen LogP contribution >= 0.6 is 11.8 Å². The maximum atomic E-state index is 12.1. The molecule has 3 rings (SSSR count). The Bertz CT molecular complexity index is 822. The zero-order valence-electron chi connectivity index (χ0n) is 13.1. The van der Waals surface area contributed by atoms with Gasteiger partial charge in [-0.15, -0.1) is 0 Å². The third-order valence-electron chi connectivity index (χ3n) is 3.39. The first-order chi connectivity index (χ1) is 11.6. The molecule has 0 aliphatic rings. The molecule has 0 saturated carbocycles. The van der Waals surface area contributed by atoms with Crippen molar-refractivity contribution in [1.29, 1.82) is 0 Å². The van der Waals surface area contributed by atoms with Gasteiger partial charge in [0.15, 0.2) is 0 Å². The number of benzene rings is 3. The van der Waals surface area contributed by atoms with Crippen LogP contribution in [-0.2, 0) is 0 Å². The minimum Gasteiger partial charge on any atom is -0.508 e. The number of phenolic OH excluding ortho intramolecular Hbond substituents is 1. The number of hydrogen-bond acceptors (Lipinski definition) is 4. The summed E-state index contributed by atoms with van der Waals surface area (Å²) in [4.78, 5) is 14.1. The van der Waals surface area contributed by atoms with Crippen LogP contribution in [0.2, 0.25) is 0 Å². The van der Waals surface area contributed by atoms with Gasteiger partial charge < -0.3 is 9.84 Å². The van der Waals surface area contributed by atoms with Crippen molar-refractivity contribution in [3.05, 3.63) is 83.9 Å². The fourth-order valence-corrected chi connectivity index (χ4v) is 2.90. The van der Waals surface area contributed by atoms with E-state index in [2.05, 4.69) is 0 Å². The first-order valence-electron chi connectivity index (χ1n) is 7.46. The molecule has 0 atom stereocenters. The summed E-state index contributed by atoms with van der Waals surface area (Å²) in [7, 11) is 0. The second kappa shape index (κ2) is 7.23. The maximum absolute atomic E-state index is 12.1. The highest BCUT2D eigenvalue weighted by molar-refractivity contribution is 7.99. The van der Waals surface area contributed by atoms with E-state index in [1.807, 2.05) is 43.3 Å². The average molecular weight is 336 g/mol. The van der Waals surface area contributed by atoms with Crippen LogP contribution < -0.4 is 4.74 Å². The second-order valence-electron chi connectivity index (χ2n) is 5.32. The summed E-state index contributed by atoms with van der Waals surface area (Å²) in [5, 5.41) is 9.29. The van der Waals surface area contributed by atoms with Crippen molar-refractivity contribution in [1.82, 2.24) is 0 Å². The number of esters is 1. The monoisotopic (exact) mass is 336 g/mol. The number of rotatable bonds is 4. The van der Waals surface area contributed by atoms with Crippen molar-refractivity contribution in [2.45, 2.75) is 16.7 Å². The van der Waals surface area contributed by atoms with Crippen LogP contribution in [0.4, 0.5) is 0 Å². The van der Waals surface area contributed by atoms with E-state index < -0.39 is 0 Å². The van der Waals surface area contributed by atoms with E-state index in [1.165, 1.54) is 0 Å². The van der Waals surface area contributed by atoms with Gasteiger partial charge in [-0.05, 0) is 67.6 Å². The number of carbonyl (C=O) groups excluding carboxylic acids is 1. The van der Waals surface area contributed by atoms with E-state index in [9.17, 15) is 9.90 Å². The van der Waals surface area contributed by atoms with Gasteiger partial charge in [-0.2, -0.15) is 0 Å². The molecule has 4 heteroatoms. The molecule has 0 aromatic heterocycles. The first-order valence-corrected chi connectivity index (χ1v) is 8.27. The Balaban J connectivity index is 1.64. The van der Waals surface area contributed by atoms with Crippen LogP contribution in [0.3, 0.4) is 0 Å². The summed E-state index contributed by atoms with van der Waals surface area (Å²) in [5.41, 5.74) is 1.63. The molecular weight excluding hydrogens is 320 g/mol. The quantitative estimate of drug-likeness (QED) is 0.534. The van der Waals surface area contributed by atoms with E-state index in [1.54, 1.807) is 48.2 Å². The summed E-state index contributed by atoms with van der Waals surface area (Å²) in [6.45, 7) is 1.97. The van der Waals surface area contributed by atoms with Gasteiger partial charge in [0.25, 0.3) is 0 Å². The highest BCUT2D eigenvalue weighted by Gasteiger charge is 2.08. The Morgan fingerprint density at radius 1 is 0.833 bits per heavy atom. The predicted molar refractivity (Wildman–Crippen MR) is 94.8 cm³/mol. The Kier molecular flexibility index (Phi) is 4.87. The van der Waals surface area contributed by atoms with Crippen molar-refractivity contribution < 1.29 is 14.6 Å². The predicted octanol–water partition coefficient (Wildman–Crippen LogP) is 5.07. The number of aryl methyl sites for hydroxylation is 1. The SMILES string of the molecule is Cc1ccc(C(=O)Oc2ccc(Sc3ccc(O)cc3)cc2)cc1. The number of carbonyl (C=O) groups is 1. The second-order valence-corrected chi connectivity index (χ2v) is 6.47. The number of aromatic hydroxyl groups is 1. The summed E-state index contributed by atoms with van der Waals surface area (Å²) in [5.74, 6) is 0.391. The van der Waals surface area contributed by atoms with Gasteiger partial charge in [0, 0.05) is 9.79 Å². The van der Waals surface area contributed by atoms with Gasteiger partial charge in [-0.25, -0.2) is 4.79 Å². The molecule has 3 nitrogen and oxygen atoms in total. The smallest absolute Gasteiger partial charge is 0.343 e. The fourth-order valence-electron chi connectivity index (χ4n) is 2.08. The minimum atomic E-state index is -0.367. The Hall–Kier alpha value is -2.72.